The molecular formula is C29H37N7S. The lowest BCUT2D eigenvalue weighted by Crippen LogP contribution is -2.47. The second-order valence-electron chi connectivity index (χ2n) is 10.1. The molecule has 2 N–H and O–H groups in total. The molecule has 0 unspecified atom stereocenters. The van der Waals surface area contributed by atoms with E-state index in [9.17, 15) is 0 Å². The van der Waals surface area contributed by atoms with Gasteiger partial charge < -0.3 is 25.3 Å². The topological polar surface area (TPSA) is 59.6 Å². The zero-order valence-corrected chi connectivity index (χ0v) is 22.6. The van der Waals surface area contributed by atoms with E-state index in [4.69, 9.17) is 22.2 Å². The van der Waals surface area contributed by atoms with Crippen LogP contribution in [0.25, 0.3) is 0 Å². The SMILES string of the molecule is CC1CCN(c2cc(N3CCN(c4ccccc4)CC3)nc(NC(=S)N[C@@H](C)c3ccccc3)n2)CC1. The molecule has 2 aliphatic heterocycles. The first kappa shape index (κ1) is 25.3. The Hall–Kier alpha value is -3.39. The number of para-hydroxylation sites is 1. The van der Waals surface area contributed by atoms with Crippen molar-refractivity contribution in [2.75, 3.05) is 59.3 Å². The molecule has 2 fully saturated rings. The van der Waals surface area contributed by atoms with Crippen LogP contribution in [-0.2, 0) is 0 Å². The predicted octanol–water partition coefficient (Wildman–Crippen LogP) is 5.09. The highest BCUT2D eigenvalue weighted by Gasteiger charge is 2.23. The Morgan fingerprint density at radius 3 is 1.97 bits per heavy atom. The first-order chi connectivity index (χ1) is 18.0. The smallest absolute Gasteiger partial charge is 0.232 e. The van der Waals surface area contributed by atoms with E-state index in [1.807, 2.05) is 18.2 Å². The number of aromatic nitrogens is 2. The maximum Gasteiger partial charge on any atom is 0.232 e. The molecule has 0 amide bonds. The molecule has 7 nitrogen and oxygen atoms in total. The Labute approximate surface area is 225 Å². The van der Waals surface area contributed by atoms with Crippen molar-refractivity contribution in [3.05, 3.63) is 72.3 Å². The Morgan fingerprint density at radius 1 is 0.811 bits per heavy atom. The highest BCUT2D eigenvalue weighted by molar-refractivity contribution is 7.80. The number of nitrogens with zero attached hydrogens (tertiary/aromatic N) is 5. The molecule has 2 saturated heterocycles. The molecule has 2 aromatic carbocycles. The maximum absolute atomic E-state index is 5.66. The van der Waals surface area contributed by atoms with E-state index in [1.54, 1.807) is 0 Å². The monoisotopic (exact) mass is 515 g/mol. The van der Waals surface area contributed by atoms with Gasteiger partial charge in [0.05, 0.1) is 6.04 Å². The van der Waals surface area contributed by atoms with Crippen LogP contribution in [0, 0.1) is 5.92 Å². The van der Waals surface area contributed by atoms with E-state index < -0.39 is 0 Å². The minimum atomic E-state index is 0.0819. The lowest BCUT2D eigenvalue weighted by molar-refractivity contribution is 0.436. The van der Waals surface area contributed by atoms with Crippen LogP contribution in [0.3, 0.4) is 0 Å². The molecule has 0 radical (unpaired) electrons. The molecule has 0 spiro atoms. The number of hydrogen-bond acceptors (Lipinski definition) is 6. The lowest BCUT2D eigenvalue weighted by Gasteiger charge is -2.37. The second kappa shape index (κ2) is 11.8. The van der Waals surface area contributed by atoms with Crippen molar-refractivity contribution >= 4 is 40.6 Å². The Bertz CT molecular complexity index is 1160. The molecule has 0 bridgehead atoms. The first-order valence-electron chi connectivity index (χ1n) is 13.4. The van der Waals surface area contributed by atoms with Gasteiger partial charge in [0, 0.05) is 51.0 Å². The second-order valence-corrected chi connectivity index (χ2v) is 10.5. The molecule has 194 valence electrons. The van der Waals surface area contributed by atoms with Crippen molar-refractivity contribution in [3.8, 4) is 0 Å². The van der Waals surface area contributed by atoms with E-state index in [0.717, 1.165) is 56.8 Å². The summed E-state index contributed by atoms with van der Waals surface area (Å²) in [5.41, 5.74) is 2.46. The van der Waals surface area contributed by atoms with Crippen molar-refractivity contribution in [2.45, 2.75) is 32.7 Å². The summed E-state index contributed by atoms with van der Waals surface area (Å²) < 4.78 is 0. The molecule has 37 heavy (non-hydrogen) atoms. The third-order valence-corrected chi connectivity index (χ3v) is 7.62. The number of rotatable bonds is 6. The van der Waals surface area contributed by atoms with Gasteiger partial charge in [0.15, 0.2) is 5.11 Å². The molecular weight excluding hydrogens is 478 g/mol. The van der Waals surface area contributed by atoms with Crippen LogP contribution in [-0.4, -0.2) is 54.3 Å². The maximum atomic E-state index is 5.66. The van der Waals surface area contributed by atoms with Gasteiger partial charge in [0.2, 0.25) is 5.95 Å². The normalized spacial score (nSPS) is 17.4. The molecule has 1 atom stereocenters. The van der Waals surface area contributed by atoms with E-state index in [0.29, 0.717) is 11.1 Å². The summed E-state index contributed by atoms with van der Waals surface area (Å²) in [6, 6.07) is 23.2. The number of anilines is 4. The fraction of sp³-hybridized carbons (Fsp3) is 0.414. The molecule has 8 heteroatoms. The molecule has 0 aliphatic carbocycles. The quantitative estimate of drug-likeness (QED) is 0.441. The third kappa shape index (κ3) is 6.49. The van der Waals surface area contributed by atoms with Crippen molar-refractivity contribution in [3.63, 3.8) is 0 Å². The van der Waals surface area contributed by atoms with Crippen LogP contribution in [0.4, 0.5) is 23.3 Å². The minimum absolute atomic E-state index is 0.0819. The number of piperidine rings is 1. The summed E-state index contributed by atoms with van der Waals surface area (Å²) >= 11 is 5.66. The predicted molar refractivity (Wildman–Crippen MR) is 158 cm³/mol. The summed E-state index contributed by atoms with van der Waals surface area (Å²) in [6.07, 6.45) is 2.37. The van der Waals surface area contributed by atoms with E-state index >= 15 is 0 Å². The summed E-state index contributed by atoms with van der Waals surface area (Å²) in [5, 5.41) is 7.19. The van der Waals surface area contributed by atoms with Crippen LogP contribution in [0.5, 0.6) is 0 Å². The number of nitrogens with one attached hydrogen (secondary N) is 2. The van der Waals surface area contributed by atoms with Gasteiger partial charge in [0.25, 0.3) is 0 Å². The molecule has 2 aliphatic rings. The summed E-state index contributed by atoms with van der Waals surface area (Å²) in [4.78, 5) is 17.0. The van der Waals surface area contributed by atoms with Gasteiger partial charge in [-0.25, -0.2) is 0 Å². The number of benzene rings is 2. The average Bonchev–Trinajstić information content (AvgIpc) is 2.94. The molecule has 1 aromatic heterocycles. The van der Waals surface area contributed by atoms with E-state index in [1.165, 1.54) is 24.1 Å². The van der Waals surface area contributed by atoms with Gasteiger partial charge in [-0.1, -0.05) is 55.5 Å². The largest absolute Gasteiger partial charge is 0.368 e. The molecule has 3 heterocycles. The van der Waals surface area contributed by atoms with E-state index in [-0.39, 0.29) is 6.04 Å². The van der Waals surface area contributed by atoms with Gasteiger partial charge in [-0.05, 0) is 55.6 Å². The van der Waals surface area contributed by atoms with Crippen LogP contribution < -0.4 is 25.3 Å². The van der Waals surface area contributed by atoms with Gasteiger partial charge in [-0.3, -0.25) is 0 Å². The highest BCUT2D eigenvalue weighted by atomic mass is 32.1. The Balaban J connectivity index is 1.31. The molecule has 0 saturated carbocycles. The number of hydrogen-bond donors (Lipinski definition) is 2. The van der Waals surface area contributed by atoms with E-state index in [2.05, 4.69) is 87.7 Å². The van der Waals surface area contributed by atoms with Crippen molar-refractivity contribution in [2.24, 2.45) is 5.92 Å². The molecule has 5 rings (SSSR count). The highest BCUT2D eigenvalue weighted by Crippen LogP contribution is 2.27. The summed E-state index contributed by atoms with van der Waals surface area (Å²) in [6.45, 7) is 10.2. The Kier molecular flexibility index (Phi) is 8.04. The van der Waals surface area contributed by atoms with Crippen LogP contribution >= 0.6 is 12.2 Å². The van der Waals surface area contributed by atoms with Crippen molar-refractivity contribution in [1.82, 2.24) is 15.3 Å². The number of piperazine rings is 1. The van der Waals surface area contributed by atoms with Gasteiger partial charge in [-0.15, -0.1) is 0 Å². The van der Waals surface area contributed by atoms with Gasteiger partial charge in [-0.2, -0.15) is 9.97 Å². The zero-order valence-electron chi connectivity index (χ0n) is 21.8. The summed E-state index contributed by atoms with van der Waals surface area (Å²) in [5.74, 6) is 3.24. The van der Waals surface area contributed by atoms with Crippen LogP contribution in [0.2, 0.25) is 0 Å². The molecule has 3 aromatic rings. The van der Waals surface area contributed by atoms with Crippen molar-refractivity contribution < 1.29 is 0 Å². The fourth-order valence-electron chi connectivity index (χ4n) is 5.03. The fourth-order valence-corrected chi connectivity index (χ4v) is 5.30. The van der Waals surface area contributed by atoms with Crippen LogP contribution in [0.15, 0.2) is 66.7 Å². The Morgan fingerprint density at radius 2 is 1.35 bits per heavy atom. The van der Waals surface area contributed by atoms with Gasteiger partial charge in [0.1, 0.15) is 11.6 Å². The minimum Gasteiger partial charge on any atom is -0.368 e. The average molecular weight is 516 g/mol. The standard InChI is InChI=1S/C29H37N7S/c1-22-13-15-35(16-14-22)26-21-27(36-19-17-34(18-20-36)25-11-7-4-8-12-25)32-28(31-26)33-29(37)30-23(2)24-9-5-3-6-10-24/h3-12,21-23H,13-20H2,1-2H3,(H2,30,31,32,33,37)/t23-/m0/s1. The number of thiocarbonyl (C=S) groups is 1. The lowest BCUT2D eigenvalue weighted by atomic mass is 9.99. The van der Waals surface area contributed by atoms with Gasteiger partial charge >= 0.3 is 0 Å². The first-order valence-corrected chi connectivity index (χ1v) is 13.8. The van der Waals surface area contributed by atoms with Crippen LogP contribution in [0.1, 0.15) is 38.3 Å². The summed E-state index contributed by atoms with van der Waals surface area (Å²) in [7, 11) is 0. The third-order valence-electron chi connectivity index (χ3n) is 7.40. The van der Waals surface area contributed by atoms with Crippen molar-refractivity contribution in [1.29, 1.82) is 0 Å². The zero-order chi connectivity index (χ0) is 25.6.